The Bertz CT molecular complexity index is 730. The van der Waals surface area contributed by atoms with E-state index >= 15 is 0 Å². The minimum Gasteiger partial charge on any atom is -0.454 e. The summed E-state index contributed by atoms with van der Waals surface area (Å²) in [5.74, 6) is 1.20. The van der Waals surface area contributed by atoms with Crippen LogP contribution in [0.15, 0.2) is 42.5 Å². The Morgan fingerprint density at radius 2 is 1.68 bits per heavy atom. The van der Waals surface area contributed by atoms with E-state index in [1.165, 1.54) is 12.1 Å². The molecule has 2 aromatic carbocycles. The number of halogens is 1. The maximum Gasteiger partial charge on any atom is 0.231 e. The van der Waals surface area contributed by atoms with Crippen LogP contribution >= 0.6 is 0 Å². The second-order valence-electron chi connectivity index (χ2n) is 6.39. The van der Waals surface area contributed by atoms with Crippen LogP contribution in [-0.4, -0.2) is 49.5 Å². The van der Waals surface area contributed by atoms with Crippen molar-refractivity contribution in [3.8, 4) is 11.5 Å². The average Bonchev–Trinajstić information content (AvgIpc) is 3.11. The third-order valence-corrected chi connectivity index (χ3v) is 4.78. The smallest absolute Gasteiger partial charge is 0.231 e. The van der Waals surface area contributed by atoms with Gasteiger partial charge in [-0.25, -0.2) is 4.39 Å². The molecule has 0 aromatic heterocycles. The fraction of sp³-hybridized carbons (Fsp3) is 0.368. The quantitative estimate of drug-likeness (QED) is 0.923. The second kappa shape index (κ2) is 6.90. The van der Waals surface area contributed by atoms with Crippen LogP contribution < -0.4 is 14.4 Å². The lowest BCUT2D eigenvalue weighted by Crippen LogP contribution is -2.47. The van der Waals surface area contributed by atoms with E-state index in [-0.39, 0.29) is 12.6 Å². The van der Waals surface area contributed by atoms with E-state index in [4.69, 9.17) is 9.47 Å². The Hall–Kier alpha value is -2.31. The summed E-state index contributed by atoms with van der Waals surface area (Å²) >= 11 is 0. The van der Waals surface area contributed by atoms with E-state index in [9.17, 15) is 9.50 Å². The van der Waals surface area contributed by atoms with Crippen LogP contribution in [0.4, 0.5) is 10.1 Å². The van der Waals surface area contributed by atoms with E-state index in [1.807, 2.05) is 30.3 Å². The lowest BCUT2D eigenvalue weighted by molar-refractivity contribution is 0.109. The highest BCUT2D eigenvalue weighted by molar-refractivity contribution is 5.47. The number of benzene rings is 2. The van der Waals surface area contributed by atoms with Crippen LogP contribution in [-0.2, 0) is 0 Å². The molecule has 0 saturated carbocycles. The van der Waals surface area contributed by atoms with Gasteiger partial charge in [0.2, 0.25) is 6.79 Å². The van der Waals surface area contributed by atoms with E-state index in [2.05, 4.69) is 9.80 Å². The van der Waals surface area contributed by atoms with Gasteiger partial charge in [0, 0.05) is 38.4 Å². The van der Waals surface area contributed by atoms with Crippen molar-refractivity contribution in [1.82, 2.24) is 4.90 Å². The van der Waals surface area contributed by atoms with Crippen LogP contribution in [0.5, 0.6) is 11.5 Å². The molecule has 5 nitrogen and oxygen atoms in total. The number of nitrogens with zero attached hydrogens (tertiary/aromatic N) is 2. The Morgan fingerprint density at radius 3 is 2.44 bits per heavy atom. The average molecular weight is 344 g/mol. The number of aliphatic hydroxyl groups is 1. The number of β-amino-alcohol motifs (C(OH)–C–C–N with tert-alkyl or cyclic N) is 1. The Labute approximate surface area is 146 Å². The summed E-state index contributed by atoms with van der Waals surface area (Å²) < 4.78 is 23.7. The Balaban J connectivity index is 1.33. The molecule has 2 aromatic rings. The number of aliphatic hydroxyl groups excluding tert-OH is 1. The van der Waals surface area contributed by atoms with Crippen molar-refractivity contribution >= 4 is 5.69 Å². The summed E-state index contributed by atoms with van der Waals surface area (Å²) in [6, 6.07) is 12.2. The highest BCUT2D eigenvalue weighted by Crippen LogP contribution is 2.34. The number of ether oxygens (including phenoxy) is 2. The minimum atomic E-state index is -0.563. The second-order valence-corrected chi connectivity index (χ2v) is 6.39. The number of hydrogen-bond acceptors (Lipinski definition) is 5. The summed E-state index contributed by atoms with van der Waals surface area (Å²) in [7, 11) is 0. The fourth-order valence-electron chi connectivity index (χ4n) is 3.31. The highest BCUT2D eigenvalue weighted by atomic mass is 19.1. The van der Waals surface area contributed by atoms with Gasteiger partial charge < -0.3 is 19.5 Å². The molecule has 4 rings (SSSR count). The molecule has 1 saturated heterocycles. The first-order valence-corrected chi connectivity index (χ1v) is 8.49. The summed E-state index contributed by atoms with van der Waals surface area (Å²) in [4.78, 5) is 4.48. The maximum absolute atomic E-state index is 13.0. The minimum absolute atomic E-state index is 0.214. The van der Waals surface area contributed by atoms with E-state index in [0.717, 1.165) is 43.2 Å². The summed E-state index contributed by atoms with van der Waals surface area (Å²) in [6.45, 7) is 4.26. The third-order valence-electron chi connectivity index (χ3n) is 4.78. The molecule has 2 heterocycles. The lowest BCUT2D eigenvalue weighted by Gasteiger charge is -2.37. The van der Waals surface area contributed by atoms with E-state index in [1.54, 1.807) is 0 Å². The third kappa shape index (κ3) is 3.55. The van der Waals surface area contributed by atoms with Gasteiger partial charge in [-0.15, -0.1) is 0 Å². The molecule has 1 fully saturated rings. The molecule has 1 N–H and O–H groups in total. The van der Waals surface area contributed by atoms with Crippen molar-refractivity contribution in [3.63, 3.8) is 0 Å². The van der Waals surface area contributed by atoms with Crippen LogP contribution in [0.2, 0.25) is 0 Å². The molecule has 2 aliphatic rings. The van der Waals surface area contributed by atoms with Crippen molar-refractivity contribution in [3.05, 3.63) is 53.8 Å². The zero-order valence-electron chi connectivity index (χ0n) is 13.9. The summed E-state index contributed by atoms with van der Waals surface area (Å²) in [5.41, 5.74) is 1.88. The summed E-state index contributed by atoms with van der Waals surface area (Å²) in [6.07, 6.45) is -0.563. The molecule has 1 atom stereocenters. The van der Waals surface area contributed by atoms with Crippen LogP contribution in [0.25, 0.3) is 0 Å². The zero-order valence-corrected chi connectivity index (χ0v) is 13.9. The molecule has 2 aliphatic heterocycles. The van der Waals surface area contributed by atoms with E-state index in [0.29, 0.717) is 12.3 Å². The zero-order chi connectivity index (χ0) is 17.2. The first-order valence-electron chi connectivity index (χ1n) is 8.49. The van der Waals surface area contributed by atoms with E-state index < -0.39 is 6.10 Å². The molecule has 6 heteroatoms. The molecule has 0 bridgehead atoms. The normalized spacial score (nSPS) is 18.4. The first kappa shape index (κ1) is 16.2. The molecule has 0 spiro atoms. The van der Waals surface area contributed by atoms with Gasteiger partial charge in [-0.05, 0) is 42.0 Å². The Kier molecular flexibility index (Phi) is 4.46. The van der Waals surface area contributed by atoms with Crippen LogP contribution in [0, 0.1) is 5.82 Å². The van der Waals surface area contributed by atoms with Crippen molar-refractivity contribution in [2.75, 3.05) is 44.4 Å². The predicted molar refractivity (Wildman–Crippen MR) is 92.6 cm³/mol. The molecule has 1 unspecified atom stereocenters. The van der Waals surface area contributed by atoms with Crippen molar-refractivity contribution in [1.29, 1.82) is 0 Å². The first-order chi connectivity index (χ1) is 12.2. The molecular formula is C19H21FN2O3. The van der Waals surface area contributed by atoms with Crippen LogP contribution in [0.3, 0.4) is 0 Å². The molecular weight excluding hydrogens is 323 g/mol. The van der Waals surface area contributed by atoms with Gasteiger partial charge in [0.05, 0.1) is 6.10 Å². The van der Waals surface area contributed by atoms with Crippen molar-refractivity contribution in [2.24, 2.45) is 0 Å². The van der Waals surface area contributed by atoms with Gasteiger partial charge in [-0.3, -0.25) is 4.90 Å². The summed E-state index contributed by atoms with van der Waals surface area (Å²) in [5, 5.41) is 10.5. The molecule has 0 aliphatic carbocycles. The van der Waals surface area contributed by atoms with Crippen LogP contribution in [0.1, 0.15) is 11.7 Å². The van der Waals surface area contributed by atoms with Gasteiger partial charge in [0.25, 0.3) is 0 Å². The topological polar surface area (TPSA) is 45.2 Å². The predicted octanol–water partition coefficient (Wildman–Crippen LogP) is 2.41. The maximum atomic E-state index is 13.0. The number of fused-ring (bicyclic) bond motifs is 1. The largest absolute Gasteiger partial charge is 0.454 e. The van der Waals surface area contributed by atoms with Crippen molar-refractivity contribution < 1.29 is 19.0 Å². The number of anilines is 1. The number of hydrogen-bond donors (Lipinski definition) is 1. The molecule has 132 valence electrons. The van der Waals surface area contributed by atoms with Gasteiger partial charge in [-0.2, -0.15) is 0 Å². The monoisotopic (exact) mass is 344 g/mol. The SMILES string of the molecule is OC(CN1CCN(c2ccc(F)cc2)CC1)c1ccc2c(c1)OCO2. The molecule has 0 radical (unpaired) electrons. The van der Waals surface area contributed by atoms with Gasteiger partial charge >= 0.3 is 0 Å². The van der Waals surface area contributed by atoms with Gasteiger partial charge in [-0.1, -0.05) is 6.07 Å². The molecule has 0 amide bonds. The fourth-order valence-corrected chi connectivity index (χ4v) is 3.31. The molecule has 25 heavy (non-hydrogen) atoms. The van der Waals surface area contributed by atoms with Gasteiger partial charge in [0.1, 0.15) is 5.82 Å². The number of rotatable bonds is 4. The lowest BCUT2D eigenvalue weighted by atomic mass is 10.1. The van der Waals surface area contributed by atoms with Gasteiger partial charge in [0.15, 0.2) is 11.5 Å². The Morgan fingerprint density at radius 1 is 0.960 bits per heavy atom. The number of piperazine rings is 1. The standard InChI is InChI=1S/C19H21FN2O3/c20-15-2-4-16(5-3-15)22-9-7-21(8-10-22)12-17(23)14-1-6-18-19(11-14)25-13-24-18/h1-6,11,17,23H,7-10,12-13H2. The van der Waals surface area contributed by atoms with Crippen molar-refractivity contribution in [2.45, 2.75) is 6.10 Å². The highest BCUT2D eigenvalue weighted by Gasteiger charge is 2.22.